The quantitative estimate of drug-likeness (QED) is 0.245. The Bertz CT molecular complexity index is 1420. The van der Waals surface area contributed by atoms with E-state index in [1.165, 1.54) is 24.5 Å². The Labute approximate surface area is 210 Å². The summed E-state index contributed by atoms with van der Waals surface area (Å²) in [7, 11) is 0. The van der Waals surface area contributed by atoms with Crippen LogP contribution in [0.2, 0.25) is 0 Å². The minimum Gasteiger partial charge on any atom is -0.279 e. The third-order valence-electron chi connectivity index (χ3n) is 6.17. The molecule has 3 nitrogen and oxygen atoms in total. The smallest absolute Gasteiger partial charge is 0.279 e. The minimum absolute atomic E-state index is 0.0148. The molecule has 4 rings (SSSR count). The minimum atomic E-state index is -5.75. The number of hydrogen-bond donors (Lipinski definition) is 0. The van der Waals surface area contributed by atoms with Gasteiger partial charge in [-0.15, -0.1) is 10.2 Å². The molecule has 0 bridgehead atoms. The molecule has 200 valence electrons. The summed E-state index contributed by atoms with van der Waals surface area (Å²) in [6.45, 7) is 2.98. The second-order valence-electron chi connectivity index (χ2n) is 8.64. The Kier molecular flexibility index (Phi) is 6.57. The van der Waals surface area contributed by atoms with Gasteiger partial charge in [0.25, 0.3) is 0 Å². The summed E-state index contributed by atoms with van der Waals surface area (Å²) in [5.41, 5.74) is -6.81. The monoisotopic (exact) mass is 543 g/mol. The van der Waals surface area contributed by atoms with Gasteiger partial charge in [-0.25, -0.2) is 0 Å². The third kappa shape index (κ3) is 4.52. The van der Waals surface area contributed by atoms with Crippen molar-refractivity contribution in [2.75, 3.05) is 0 Å². The Morgan fingerprint density at radius 3 is 1.63 bits per heavy atom. The van der Waals surface area contributed by atoms with E-state index in [9.17, 15) is 39.5 Å². The van der Waals surface area contributed by atoms with Gasteiger partial charge in [-0.05, 0) is 43.2 Å². The Hall–Kier alpha value is -3.83. The van der Waals surface area contributed by atoms with Gasteiger partial charge in [0.15, 0.2) is 5.82 Å². The first-order valence-corrected chi connectivity index (χ1v) is 11.0. The maximum absolute atomic E-state index is 14.4. The second kappa shape index (κ2) is 9.17. The van der Waals surface area contributed by atoms with Crippen LogP contribution in [-0.4, -0.2) is 27.1 Å². The van der Waals surface area contributed by atoms with Crippen LogP contribution < -0.4 is 0 Å². The molecule has 0 saturated carbocycles. The van der Waals surface area contributed by atoms with Crippen molar-refractivity contribution >= 4 is 0 Å². The van der Waals surface area contributed by atoms with E-state index in [1.807, 2.05) is 0 Å². The Balaban J connectivity index is 1.87. The predicted octanol–water partition coefficient (Wildman–Crippen LogP) is 7.98. The van der Waals surface area contributed by atoms with Crippen molar-refractivity contribution in [3.8, 4) is 17.1 Å². The Morgan fingerprint density at radius 2 is 1.13 bits per heavy atom. The van der Waals surface area contributed by atoms with Crippen LogP contribution in [0.4, 0.5) is 39.5 Å². The number of benzene rings is 3. The summed E-state index contributed by atoms with van der Waals surface area (Å²) in [4.78, 5) is 0. The van der Waals surface area contributed by atoms with Crippen LogP contribution in [0.3, 0.4) is 0 Å². The molecule has 0 radical (unpaired) electrons. The summed E-state index contributed by atoms with van der Waals surface area (Å²) in [5.74, 6) is 0.0938. The zero-order chi connectivity index (χ0) is 28.1. The lowest BCUT2D eigenvalue weighted by Gasteiger charge is -2.38. The molecule has 0 aliphatic rings. The molecule has 0 aliphatic carbocycles. The highest BCUT2D eigenvalue weighted by Crippen LogP contribution is 2.56. The molecule has 0 saturated heterocycles. The molecule has 1 heterocycles. The predicted molar refractivity (Wildman–Crippen MR) is 121 cm³/mol. The number of halogens is 9. The zero-order valence-electron chi connectivity index (χ0n) is 19.7. The molecular weight excluding hydrogens is 525 g/mol. The van der Waals surface area contributed by atoms with Gasteiger partial charge in [0.05, 0.1) is 5.56 Å². The van der Waals surface area contributed by atoms with Crippen molar-refractivity contribution in [1.29, 1.82) is 0 Å². The molecule has 0 atom stereocenters. The fourth-order valence-electron chi connectivity index (χ4n) is 4.33. The SMILES string of the molecule is Cc1ccc(C(c2ccc(-c3nnc(C)n3-c3cccc(C(F)(F)F)c3)cc2)(C(F)(F)F)C(F)(F)F)cc1. The van der Waals surface area contributed by atoms with Crippen molar-refractivity contribution < 1.29 is 39.5 Å². The van der Waals surface area contributed by atoms with E-state index in [4.69, 9.17) is 0 Å². The van der Waals surface area contributed by atoms with Crippen LogP contribution >= 0.6 is 0 Å². The Morgan fingerprint density at radius 1 is 0.605 bits per heavy atom. The molecule has 0 spiro atoms. The van der Waals surface area contributed by atoms with Crippen LogP contribution in [-0.2, 0) is 11.6 Å². The van der Waals surface area contributed by atoms with Crippen molar-refractivity contribution in [2.45, 2.75) is 37.8 Å². The summed E-state index contributed by atoms with van der Waals surface area (Å²) in [6.07, 6.45) is -16.2. The molecule has 0 amide bonds. The maximum atomic E-state index is 14.4. The molecule has 1 aromatic heterocycles. The van der Waals surface area contributed by atoms with Crippen LogP contribution in [0.25, 0.3) is 17.1 Å². The molecule has 4 aromatic rings. The zero-order valence-corrected chi connectivity index (χ0v) is 19.7. The molecular formula is C26H18F9N3. The lowest BCUT2D eigenvalue weighted by atomic mass is 9.72. The van der Waals surface area contributed by atoms with E-state index in [0.717, 1.165) is 54.6 Å². The average Bonchev–Trinajstić information content (AvgIpc) is 3.20. The average molecular weight is 543 g/mol. The maximum Gasteiger partial charge on any atom is 0.416 e. The first-order chi connectivity index (χ1) is 17.6. The summed E-state index contributed by atoms with van der Waals surface area (Å²) in [6, 6.07) is 11.5. The lowest BCUT2D eigenvalue weighted by Crippen LogP contribution is -2.54. The van der Waals surface area contributed by atoms with E-state index < -0.39 is 40.6 Å². The van der Waals surface area contributed by atoms with Gasteiger partial charge < -0.3 is 0 Å². The van der Waals surface area contributed by atoms with E-state index >= 15 is 0 Å². The summed E-state index contributed by atoms with van der Waals surface area (Å²) < 4.78 is 127. The molecule has 0 fully saturated rings. The number of alkyl halides is 9. The van der Waals surface area contributed by atoms with Gasteiger partial charge in [-0.2, -0.15) is 39.5 Å². The van der Waals surface area contributed by atoms with E-state index in [1.54, 1.807) is 0 Å². The number of rotatable bonds is 4. The van der Waals surface area contributed by atoms with Crippen molar-refractivity contribution in [1.82, 2.24) is 14.8 Å². The molecule has 0 N–H and O–H groups in total. The van der Waals surface area contributed by atoms with Crippen molar-refractivity contribution in [2.24, 2.45) is 0 Å². The van der Waals surface area contributed by atoms with Crippen molar-refractivity contribution in [3.05, 3.63) is 101 Å². The number of aryl methyl sites for hydroxylation is 2. The van der Waals surface area contributed by atoms with Crippen LogP contribution in [0.5, 0.6) is 0 Å². The molecule has 0 unspecified atom stereocenters. The van der Waals surface area contributed by atoms with Crippen LogP contribution in [0.15, 0.2) is 72.8 Å². The second-order valence-corrected chi connectivity index (χ2v) is 8.64. The molecule has 3 aromatic carbocycles. The summed E-state index contributed by atoms with van der Waals surface area (Å²) >= 11 is 0. The molecule has 0 aliphatic heterocycles. The third-order valence-corrected chi connectivity index (χ3v) is 6.17. The van der Waals surface area contributed by atoms with E-state index in [2.05, 4.69) is 10.2 Å². The van der Waals surface area contributed by atoms with Gasteiger partial charge in [-0.1, -0.05) is 60.2 Å². The largest absolute Gasteiger partial charge is 0.416 e. The first kappa shape index (κ1) is 27.2. The highest BCUT2D eigenvalue weighted by molar-refractivity contribution is 5.61. The summed E-state index contributed by atoms with van der Waals surface area (Å²) in [5, 5.41) is 7.74. The lowest BCUT2D eigenvalue weighted by molar-refractivity contribution is -0.288. The van der Waals surface area contributed by atoms with Gasteiger partial charge in [0.2, 0.25) is 5.41 Å². The fourth-order valence-corrected chi connectivity index (χ4v) is 4.33. The van der Waals surface area contributed by atoms with Crippen LogP contribution in [0, 0.1) is 13.8 Å². The number of hydrogen-bond acceptors (Lipinski definition) is 2. The van der Waals surface area contributed by atoms with Gasteiger partial charge in [-0.3, -0.25) is 4.57 Å². The molecule has 38 heavy (non-hydrogen) atoms. The van der Waals surface area contributed by atoms with Crippen molar-refractivity contribution in [3.63, 3.8) is 0 Å². The number of aromatic nitrogens is 3. The fraction of sp³-hybridized carbons (Fsp3) is 0.231. The number of nitrogens with zero attached hydrogens (tertiary/aromatic N) is 3. The standard InChI is InChI=1S/C26H18F9N3/c1-15-6-10-18(11-7-15)23(25(30,31)32,26(33,34)35)19-12-8-17(9-13-19)22-37-36-16(2)38(22)21-5-3-4-20(14-21)24(27,28)29/h3-14H,1-2H3. The van der Waals surface area contributed by atoms with Crippen LogP contribution in [0.1, 0.15) is 28.1 Å². The normalized spacial score (nSPS) is 13.1. The van der Waals surface area contributed by atoms with Gasteiger partial charge in [0, 0.05) is 11.3 Å². The van der Waals surface area contributed by atoms with Gasteiger partial charge in [0.1, 0.15) is 5.82 Å². The first-order valence-electron chi connectivity index (χ1n) is 11.0. The highest BCUT2D eigenvalue weighted by atomic mass is 19.4. The topological polar surface area (TPSA) is 30.7 Å². The van der Waals surface area contributed by atoms with E-state index in [0.29, 0.717) is 17.7 Å². The van der Waals surface area contributed by atoms with E-state index in [-0.39, 0.29) is 22.9 Å². The highest BCUT2D eigenvalue weighted by Gasteiger charge is 2.72. The molecule has 12 heteroatoms. The van der Waals surface area contributed by atoms with Gasteiger partial charge >= 0.3 is 18.5 Å².